The number of hydrogen-bond donors (Lipinski definition) is 3. The van der Waals surface area contributed by atoms with Crippen molar-refractivity contribution >= 4 is 34.0 Å². The summed E-state index contributed by atoms with van der Waals surface area (Å²) < 4.78 is 5.35. The van der Waals surface area contributed by atoms with Crippen LogP contribution in [0.3, 0.4) is 0 Å². The molecule has 1 aromatic carbocycles. The van der Waals surface area contributed by atoms with E-state index in [1.165, 1.54) is 11.3 Å². The summed E-state index contributed by atoms with van der Waals surface area (Å²) in [5, 5.41) is 14.7. The van der Waals surface area contributed by atoms with Crippen molar-refractivity contribution in [1.29, 1.82) is 0 Å². The fourth-order valence-corrected chi connectivity index (χ4v) is 3.47. The molecule has 0 aliphatic carbocycles. The molecular formula is C17H15N5O3S. The average molecular weight is 369 g/mol. The van der Waals surface area contributed by atoms with Gasteiger partial charge in [0.05, 0.1) is 22.6 Å². The normalized spacial score (nSPS) is 12.9. The monoisotopic (exact) mass is 369 g/mol. The fourth-order valence-electron chi connectivity index (χ4n) is 2.75. The van der Waals surface area contributed by atoms with Crippen molar-refractivity contribution in [2.75, 3.05) is 17.2 Å². The molecule has 1 aliphatic rings. The minimum Gasteiger partial charge on any atom is -0.482 e. The average Bonchev–Trinajstić information content (AvgIpc) is 3.20. The first-order valence-corrected chi connectivity index (χ1v) is 8.75. The smallest absolute Gasteiger partial charge is 0.262 e. The predicted molar refractivity (Wildman–Crippen MR) is 97.7 cm³/mol. The van der Waals surface area contributed by atoms with E-state index in [4.69, 9.17) is 4.74 Å². The van der Waals surface area contributed by atoms with Gasteiger partial charge in [-0.1, -0.05) is 0 Å². The second kappa shape index (κ2) is 6.26. The number of aryl methyl sites for hydroxylation is 2. The summed E-state index contributed by atoms with van der Waals surface area (Å²) in [5.41, 5.74) is 4.01. The highest BCUT2D eigenvalue weighted by atomic mass is 32.1. The second-order valence-corrected chi connectivity index (χ2v) is 6.71. The summed E-state index contributed by atoms with van der Waals surface area (Å²) in [6.07, 6.45) is 0. The van der Waals surface area contributed by atoms with Gasteiger partial charge in [-0.2, -0.15) is 5.10 Å². The van der Waals surface area contributed by atoms with Gasteiger partial charge in [-0.3, -0.25) is 20.0 Å². The molecule has 26 heavy (non-hydrogen) atoms. The SMILES string of the molecule is Cc1n[nH]c(C)c1C(=O)Nc1nc(-c2ccc3c(c2)NC(=O)CO3)cs1. The minimum atomic E-state index is -0.249. The van der Waals surface area contributed by atoms with Gasteiger partial charge in [0, 0.05) is 16.6 Å². The molecule has 1 aliphatic heterocycles. The molecule has 2 aromatic heterocycles. The second-order valence-electron chi connectivity index (χ2n) is 5.85. The Balaban J connectivity index is 1.56. The Morgan fingerprint density at radius 2 is 2.19 bits per heavy atom. The Morgan fingerprint density at radius 3 is 2.96 bits per heavy atom. The van der Waals surface area contributed by atoms with Crippen LogP contribution in [0.2, 0.25) is 0 Å². The quantitative estimate of drug-likeness (QED) is 0.658. The molecule has 0 fully saturated rings. The number of rotatable bonds is 3. The zero-order chi connectivity index (χ0) is 18.3. The van der Waals surface area contributed by atoms with E-state index in [-0.39, 0.29) is 18.4 Å². The van der Waals surface area contributed by atoms with E-state index in [9.17, 15) is 9.59 Å². The summed E-state index contributed by atoms with van der Waals surface area (Å²) >= 11 is 1.33. The van der Waals surface area contributed by atoms with Crippen LogP contribution >= 0.6 is 11.3 Å². The molecule has 3 aromatic rings. The van der Waals surface area contributed by atoms with E-state index < -0.39 is 0 Å². The van der Waals surface area contributed by atoms with Crippen LogP contribution in [0.5, 0.6) is 5.75 Å². The molecule has 3 N–H and O–H groups in total. The summed E-state index contributed by atoms with van der Waals surface area (Å²) in [5.74, 6) is 0.190. The van der Waals surface area contributed by atoms with Gasteiger partial charge in [-0.25, -0.2) is 4.98 Å². The van der Waals surface area contributed by atoms with Gasteiger partial charge in [-0.15, -0.1) is 11.3 Å². The first-order chi connectivity index (χ1) is 12.5. The molecule has 0 bridgehead atoms. The summed E-state index contributed by atoms with van der Waals surface area (Å²) in [6.45, 7) is 3.59. The lowest BCUT2D eigenvalue weighted by atomic mass is 10.1. The Labute approximate surface area is 152 Å². The third kappa shape index (κ3) is 2.93. The lowest BCUT2D eigenvalue weighted by molar-refractivity contribution is -0.118. The van der Waals surface area contributed by atoms with E-state index >= 15 is 0 Å². The van der Waals surface area contributed by atoms with Crippen molar-refractivity contribution in [3.05, 3.63) is 40.5 Å². The first kappa shape index (κ1) is 16.3. The lowest BCUT2D eigenvalue weighted by Gasteiger charge is -2.18. The van der Waals surface area contributed by atoms with Crippen LogP contribution < -0.4 is 15.4 Å². The zero-order valence-electron chi connectivity index (χ0n) is 14.0. The number of thiazole rings is 1. The van der Waals surface area contributed by atoms with Crippen LogP contribution in [0, 0.1) is 13.8 Å². The number of hydrogen-bond acceptors (Lipinski definition) is 6. The standard InChI is InChI=1S/C17H15N5O3S/c1-8-15(9(2)22-21-8)16(24)20-17-19-12(7-26-17)10-3-4-13-11(5-10)18-14(23)6-25-13/h3-5,7H,6H2,1-2H3,(H,18,23)(H,21,22)(H,19,20,24). The van der Waals surface area contributed by atoms with Gasteiger partial charge < -0.3 is 10.1 Å². The van der Waals surface area contributed by atoms with E-state index in [0.717, 1.165) is 5.56 Å². The van der Waals surface area contributed by atoms with Crippen LogP contribution in [0.15, 0.2) is 23.6 Å². The van der Waals surface area contributed by atoms with E-state index in [2.05, 4.69) is 25.8 Å². The number of anilines is 2. The number of benzene rings is 1. The molecule has 0 saturated heterocycles. The van der Waals surface area contributed by atoms with E-state index in [1.807, 2.05) is 11.4 Å². The van der Waals surface area contributed by atoms with Gasteiger partial charge in [-0.05, 0) is 32.0 Å². The maximum absolute atomic E-state index is 12.4. The van der Waals surface area contributed by atoms with Crippen molar-refractivity contribution in [3.8, 4) is 17.0 Å². The largest absolute Gasteiger partial charge is 0.482 e. The van der Waals surface area contributed by atoms with Crippen LogP contribution in [0.4, 0.5) is 10.8 Å². The minimum absolute atomic E-state index is 0.0199. The van der Waals surface area contributed by atoms with Crippen molar-refractivity contribution in [2.45, 2.75) is 13.8 Å². The summed E-state index contributed by atoms with van der Waals surface area (Å²) in [6, 6.07) is 5.46. The van der Waals surface area contributed by atoms with Crippen molar-refractivity contribution in [1.82, 2.24) is 15.2 Å². The van der Waals surface area contributed by atoms with Crippen LogP contribution in [0.25, 0.3) is 11.3 Å². The molecule has 4 rings (SSSR count). The summed E-state index contributed by atoms with van der Waals surface area (Å²) in [4.78, 5) is 28.3. The van der Waals surface area contributed by atoms with Crippen molar-refractivity contribution in [3.63, 3.8) is 0 Å². The number of nitrogens with zero attached hydrogens (tertiary/aromatic N) is 2. The number of aromatic amines is 1. The molecule has 8 nitrogen and oxygen atoms in total. The van der Waals surface area contributed by atoms with Gasteiger partial charge in [0.1, 0.15) is 5.75 Å². The van der Waals surface area contributed by atoms with Crippen molar-refractivity contribution < 1.29 is 14.3 Å². The number of H-pyrrole nitrogens is 1. The summed E-state index contributed by atoms with van der Waals surface area (Å²) in [7, 11) is 0. The molecule has 0 spiro atoms. The maximum Gasteiger partial charge on any atom is 0.262 e. The van der Waals surface area contributed by atoms with E-state index in [0.29, 0.717) is 39.2 Å². The molecule has 0 radical (unpaired) electrons. The third-order valence-electron chi connectivity index (χ3n) is 3.99. The Hall–Kier alpha value is -3.20. The number of ether oxygens (including phenoxy) is 1. The van der Waals surface area contributed by atoms with Crippen molar-refractivity contribution in [2.24, 2.45) is 0 Å². The van der Waals surface area contributed by atoms with E-state index in [1.54, 1.807) is 26.0 Å². The topological polar surface area (TPSA) is 109 Å². The van der Waals surface area contributed by atoms with Gasteiger partial charge in [0.25, 0.3) is 11.8 Å². The molecular weight excluding hydrogens is 354 g/mol. The molecule has 0 saturated carbocycles. The molecule has 132 valence electrons. The van der Waals surface area contributed by atoms with Crippen LogP contribution in [-0.4, -0.2) is 33.6 Å². The highest BCUT2D eigenvalue weighted by Gasteiger charge is 2.19. The number of carbonyl (C=O) groups excluding carboxylic acids is 2. The molecule has 0 unspecified atom stereocenters. The number of fused-ring (bicyclic) bond motifs is 1. The number of aromatic nitrogens is 3. The maximum atomic E-state index is 12.4. The molecule has 9 heteroatoms. The molecule has 3 heterocycles. The lowest BCUT2D eigenvalue weighted by Crippen LogP contribution is -2.25. The number of carbonyl (C=O) groups is 2. The van der Waals surface area contributed by atoms with Crippen LogP contribution in [0.1, 0.15) is 21.7 Å². The third-order valence-corrected chi connectivity index (χ3v) is 4.75. The fraction of sp³-hybridized carbons (Fsp3) is 0.176. The Kier molecular flexibility index (Phi) is 3.92. The van der Waals surface area contributed by atoms with Gasteiger partial charge in [0.2, 0.25) is 0 Å². The number of nitrogens with one attached hydrogen (secondary N) is 3. The Bertz CT molecular complexity index is 1000. The highest BCUT2D eigenvalue weighted by Crippen LogP contribution is 2.33. The van der Waals surface area contributed by atoms with Gasteiger partial charge in [0.15, 0.2) is 11.7 Å². The first-order valence-electron chi connectivity index (χ1n) is 7.87. The predicted octanol–water partition coefficient (Wildman–Crippen LogP) is 2.73. The Morgan fingerprint density at radius 1 is 1.35 bits per heavy atom. The molecule has 0 atom stereocenters. The highest BCUT2D eigenvalue weighted by molar-refractivity contribution is 7.14. The van der Waals surface area contributed by atoms with Crippen LogP contribution in [-0.2, 0) is 4.79 Å². The number of amides is 2. The van der Waals surface area contributed by atoms with Gasteiger partial charge >= 0.3 is 0 Å². The molecule has 2 amide bonds. The zero-order valence-corrected chi connectivity index (χ0v) is 14.9.